The fourth-order valence-electron chi connectivity index (χ4n) is 3.25. The lowest BCUT2D eigenvalue weighted by Gasteiger charge is -2.37. The third-order valence-electron chi connectivity index (χ3n) is 4.81. The molecule has 1 aliphatic rings. The molecule has 1 saturated heterocycles. The average molecular weight is 383 g/mol. The number of nitrogen functional groups attached to an aromatic ring is 1. The van der Waals surface area contributed by atoms with Crippen molar-refractivity contribution in [2.24, 2.45) is 0 Å². The van der Waals surface area contributed by atoms with E-state index in [0.717, 1.165) is 16.3 Å². The number of β-amino-alcohol motifs (C(OH)–C–C–N with tert-alkyl or cyclic N) is 1. The van der Waals surface area contributed by atoms with Gasteiger partial charge in [-0.25, -0.2) is 9.97 Å². The number of fused-ring (bicyclic) bond motifs is 1. The third kappa shape index (κ3) is 3.59. The molecule has 1 fully saturated rings. The number of aliphatic hydroxyl groups excluding tert-OH is 1. The highest BCUT2D eigenvalue weighted by molar-refractivity contribution is 6.33. The van der Waals surface area contributed by atoms with E-state index < -0.39 is 0 Å². The Bertz CT molecular complexity index is 1020. The van der Waals surface area contributed by atoms with Crippen molar-refractivity contribution < 1.29 is 9.90 Å². The second-order valence-corrected chi connectivity index (χ2v) is 7.17. The number of hydrogen-bond donors (Lipinski definition) is 2. The van der Waals surface area contributed by atoms with Crippen molar-refractivity contribution >= 4 is 39.8 Å². The van der Waals surface area contributed by atoms with Crippen LogP contribution in [0.5, 0.6) is 0 Å². The predicted octanol–water partition coefficient (Wildman–Crippen LogP) is 2.86. The van der Waals surface area contributed by atoms with E-state index >= 15 is 0 Å². The number of benzene rings is 1. The van der Waals surface area contributed by atoms with Crippen molar-refractivity contribution in [2.75, 3.05) is 23.7 Å². The molecule has 1 aromatic carbocycles. The molecule has 4 rings (SSSR count). The van der Waals surface area contributed by atoms with Gasteiger partial charge in [0, 0.05) is 42.9 Å². The number of nitrogens with zero attached hydrogens (tertiary/aromatic N) is 3. The Hall–Kier alpha value is -2.70. The number of carbonyl (C=O) groups is 1. The standard InChI is InChI=1S/C20H19ClN4O2/c21-17-8-14(9-24-20(17)25-10-15(26)11-25)18(27)4-2-12-1-3-16-13(7-12)5-6-23-19(16)22/h1,3,5-9,15,26H,2,4,10-11H2,(H2,22,23). The molecule has 0 amide bonds. The summed E-state index contributed by atoms with van der Waals surface area (Å²) >= 11 is 6.27. The van der Waals surface area contributed by atoms with Gasteiger partial charge in [0.05, 0.1) is 11.1 Å². The van der Waals surface area contributed by atoms with Crippen LogP contribution >= 0.6 is 11.6 Å². The van der Waals surface area contributed by atoms with Gasteiger partial charge < -0.3 is 15.7 Å². The summed E-state index contributed by atoms with van der Waals surface area (Å²) in [5.74, 6) is 1.11. The molecular formula is C20H19ClN4O2. The molecule has 3 heterocycles. The molecule has 2 aromatic heterocycles. The minimum atomic E-state index is -0.336. The Morgan fingerprint density at radius 1 is 1.26 bits per heavy atom. The van der Waals surface area contributed by atoms with E-state index in [9.17, 15) is 9.90 Å². The Morgan fingerprint density at radius 3 is 2.81 bits per heavy atom. The topological polar surface area (TPSA) is 92.3 Å². The first-order valence-electron chi connectivity index (χ1n) is 8.76. The molecule has 0 bridgehead atoms. The number of carbonyl (C=O) groups excluding carboxylic acids is 1. The number of Topliss-reactive ketones (excluding diaryl/α,β-unsaturated/α-hetero) is 1. The normalized spacial score (nSPS) is 14.4. The summed E-state index contributed by atoms with van der Waals surface area (Å²) in [6.07, 6.45) is 3.89. The van der Waals surface area contributed by atoms with Crippen molar-refractivity contribution in [2.45, 2.75) is 18.9 Å². The molecule has 0 radical (unpaired) electrons. The second kappa shape index (κ2) is 7.13. The van der Waals surface area contributed by atoms with E-state index in [2.05, 4.69) is 9.97 Å². The molecule has 0 atom stereocenters. The third-order valence-corrected chi connectivity index (χ3v) is 5.08. The van der Waals surface area contributed by atoms with Crippen LogP contribution in [0.15, 0.2) is 42.7 Å². The van der Waals surface area contributed by atoms with E-state index in [4.69, 9.17) is 17.3 Å². The summed E-state index contributed by atoms with van der Waals surface area (Å²) in [5.41, 5.74) is 7.43. The molecular weight excluding hydrogens is 364 g/mol. The Morgan fingerprint density at radius 2 is 2.07 bits per heavy atom. The lowest BCUT2D eigenvalue weighted by Crippen LogP contribution is -2.51. The minimum Gasteiger partial charge on any atom is -0.389 e. The number of ketones is 1. The van der Waals surface area contributed by atoms with Gasteiger partial charge in [-0.05, 0) is 29.5 Å². The molecule has 3 N–H and O–H groups in total. The van der Waals surface area contributed by atoms with Crippen molar-refractivity contribution in [3.63, 3.8) is 0 Å². The van der Waals surface area contributed by atoms with Gasteiger partial charge in [0.25, 0.3) is 0 Å². The molecule has 0 aliphatic carbocycles. The van der Waals surface area contributed by atoms with Gasteiger partial charge in [-0.15, -0.1) is 0 Å². The van der Waals surface area contributed by atoms with Crippen LogP contribution < -0.4 is 10.6 Å². The quantitative estimate of drug-likeness (QED) is 0.659. The zero-order valence-electron chi connectivity index (χ0n) is 14.6. The monoisotopic (exact) mass is 382 g/mol. The van der Waals surface area contributed by atoms with Gasteiger partial charge in [-0.2, -0.15) is 0 Å². The zero-order valence-corrected chi connectivity index (χ0v) is 15.4. The minimum absolute atomic E-state index is 0.00562. The lowest BCUT2D eigenvalue weighted by molar-refractivity contribution is 0.0982. The second-order valence-electron chi connectivity index (χ2n) is 6.76. The van der Waals surface area contributed by atoms with Crippen LogP contribution in [0.4, 0.5) is 11.6 Å². The molecule has 1 aliphatic heterocycles. The van der Waals surface area contributed by atoms with Crippen LogP contribution in [0.1, 0.15) is 22.3 Å². The van der Waals surface area contributed by atoms with Gasteiger partial charge in [0.15, 0.2) is 5.78 Å². The number of anilines is 2. The van der Waals surface area contributed by atoms with Crippen molar-refractivity contribution in [3.8, 4) is 0 Å². The maximum atomic E-state index is 12.5. The number of nitrogens with two attached hydrogens (primary N) is 1. The number of aromatic nitrogens is 2. The Balaban J connectivity index is 1.44. The van der Waals surface area contributed by atoms with E-state index in [1.807, 2.05) is 29.2 Å². The summed E-state index contributed by atoms with van der Waals surface area (Å²) in [6, 6.07) is 9.50. The maximum Gasteiger partial charge on any atom is 0.164 e. The van der Waals surface area contributed by atoms with E-state index in [0.29, 0.717) is 48.2 Å². The highest BCUT2D eigenvalue weighted by Crippen LogP contribution is 2.28. The number of aryl methyl sites for hydroxylation is 1. The molecule has 7 heteroatoms. The van der Waals surface area contributed by atoms with Crippen LogP contribution in [0.25, 0.3) is 10.8 Å². The summed E-state index contributed by atoms with van der Waals surface area (Å²) in [7, 11) is 0. The summed E-state index contributed by atoms with van der Waals surface area (Å²) in [5, 5.41) is 11.8. The van der Waals surface area contributed by atoms with Crippen LogP contribution in [-0.4, -0.2) is 40.1 Å². The first-order chi connectivity index (χ1) is 13.0. The molecule has 138 valence electrons. The van der Waals surface area contributed by atoms with Crippen LogP contribution in [0.2, 0.25) is 5.02 Å². The van der Waals surface area contributed by atoms with Gasteiger partial charge >= 0.3 is 0 Å². The number of hydrogen-bond acceptors (Lipinski definition) is 6. The van der Waals surface area contributed by atoms with Gasteiger partial charge in [-0.3, -0.25) is 4.79 Å². The smallest absolute Gasteiger partial charge is 0.164 e. The van der Waals surface area contributed by atoms with Crippen LogP contribution in [0, 0.1) is 0 Å². The van der Waals surface area contributed by atoms with Crippen molar-refractivity contribution in [1.29, 1.82) is 0 Å². The van der Waals surface area contributed by atoms with Crippen molar-refractivity contribution in [1.82, 2.24) is 9.97 Å². The van der Waals surface area contributed by atoms with E-state index in [1.54, 1.807) is 18.5 Å². The Labute approximate surface area is 161 Å². The van der Waals surface area contributed by atoms with E-state index in [-0.39, 0.29) is 11.9 Å². The molecule has 0 spiro atoms. The molecule has 0 saturated carbocycles. The number of halogens is 1. The van der Waals surface area contributed by atoms with Crippen molar-refractivity contribution in [3.05, 3.63) is 58.9 Å². The first-order valence-corrected chi connectivity index (χ1v) is 9.14. The Kier molecular flexibility index (Phi) is 4.68. The van der Waals surface area contributed by atoms with Gasteiger partial charge in [0.1, 0.15) is 11.6 Å². The summed E-state index contributed by atoms with van der Waals surface area (Å²) < 4.78 is 0. The fraction of sp³-hybridized carbons (Fsp3) is 0.250. The van der Waals surface area contributed by atoms with Gasteiger partial charge in [-0.1, -0.05) is 29.8 Å². The largest absolute Gasteiger partial charge is 0.389 e. The molecule has 27 heavy (non-hydrogen) atoms. The van der Waals surface area contributed by atoms with E-state index in [1.165, 1.54) is 0 Å². The summed E-state index contributed by atoms with van der Waals surface area (Å²) in [4.78, 5) is 22.8. The number of rotatable bonds is 5. The van der Waals surface area contributed by atoms with Crippen LogP contribution in [0.3, 0.4) is 0 Å². The molecule has 3 aromatic rings. The number of aliphatic hydroxyl groups is 1. The maximum absolute atomic E-state index is 12.5. The fourth-order valence-corrected chi connectivity index (χ4v) is 3.54. The first kappa shape index (κ1) is 17.7. The zero-order chi connectivity index (χ0) is 19.0. The molecule has 6 nitrogen and oxygen atoms in total. The van der Waals surface area contributed by atoms with Gasteiger partial charge in [0.2, 0.25) is 0 Å². The van der Waals surface area contributed by atoms with Crippen LogP contribution in [-0.2, 0) is 6.42 Å². The highest BCUT2D eigenvalue weighted by Gasteiger charge is 2.27. The summed E-state index contributed by atoms with van der Waals surface area (Å²) in [6.45, 7) is 1.03. The number of pyridine rings is 2. The average Bonchev–Trinajstić information content (AvgIpc) is 2.64. The predicted molar refractivity (Wildman–Crippen MR) is 106 cm³/mol. The SMILES string of the molecule is Nc1nccc2cc(CCC(=O)c3cnc(N4CC(O)C4)c(Cl)c3)ccc12. The molecule has 0 unspecified atom stereocenters. The highest BCUT2D eigenvalue weighted by atomic mass is 35.5. The lowest BCUT2D eigenvalue weighted by atomic mass is 10.0.